The first kappa shape index (κ1) is 14.9. The Labute approximate surface area is 145 Å². The normalized spacial score (nSPS) is 12.7. The third-order valence-corrected chi connectivity index (χ3v) is 4.72. The summed E-state index contributed by atoms with van der Waals surface area (Å²) in [5.41, 5.74) is 2.33. The molecule has 3 aromatic rings. The van der Waals surface area contributed by atoms with Gasteiger partial charge in [-0.1, -0.05) is 12.1 Å². The summed E-state index contributed by atoms with van der Waals surface area (Å²) in [4.78, 5) is 24.8. The minimum absolute atomic E-state index is 0.102. The van der Waals surface area contributed by atoms with Crippen LogP contribution in [0.15, 0.2) is 56.2 Å². The number of benzene rings is 2. The number of carbonyl (C=O) groups excluding carboxylic acids is 1. The Morgan fingerprint density at radius 2 is 1.75 bits per heavy atom. The standard InChI is InChI=1S/C19H11BrO4/c1-23-11-4-2-10(3-5-11)16-13-7-9-15(21)12-6-8-14(20)18(17(12)13)24-19(16)22/h2-9H,1H3. The van der Waals surface area contributed by atoms with E-state index < -0.39 is 5.63 Å². The van der Waals surface area contributed by atoms with Crippen molar-refractivity contribution in [2.45, 2.75) is 0 Å². The Kier molecular flexibility index (Phi) is 3.39. The van der Waals surface area contributed by atoms with Gasteiger partial charge in [0.2, 0.25) is 0 Å². The van der Waals surface area contributed by atoms with E-state index in [4.69, 9.17) is 9.15 Å². The largest absolute Gasteiger partial charge is 0.497 e. The molecule has 0 bridgehead atoms. The van der Waals surface area contributed by atoms with Crippen molar-refractivity contribution >= 4 is 38.8 Å². The van der Waals surface area contributed by atoms with E-state index in [1.165, 1.54) is 6.08 Å². The molecule has 1 heterocycles. The second-order valence-electron chi connectivity index (χ2n) is 5.40. The SMILES string of the molecule is COc1ccc(-c2c3c4c(ccc(Br)c4oc2=O)C(=O)C=C3)cc1. The topological polar surface area (TPSA) is 56.5 Å². The summed E-state index contributed by atoms with van der Waals surface area (Å²) in [6.45, 7) is 0. The van der Waals surface area contributed by atoms with Crippen LogP contribution in [0, 0.1) is 0 Å². The summed E-state index contributed by atoms with van der Waals surface area (Å²) in [5.74, 6) is 0.598. The molecule has 0 unspecified atom stereocenters. The van der Waals surface area contributed by atoms with Gasteiger partial charge >= 0.3 is 5.63 Å². The Balaban J connectivity index is 2.11. The second kappa shape index (κ2) is 5.46. The van der Waals surface area contributed by atoms with Crippen LogP contribution in [0.1, 0.15) is 15.9 Å². The van der Waals surface area contributed by atoms with Crippen LogP contribution in [0.4, 0.5) is 0 Å². The molecule has 1 aliphatic carbocycles. The molecule has 1 aromatic heterocycles. The predicted molar refractivity (Wildman–Crippen MR) is 95.5 cm³/mol. The third-order valence-electron chi connectivity index (χ3n) is 4.09. The second-order valence-corrected chi connectivity index (χ2v) is 6.26. The van der Waals surface area contributed by atoms with Crippen LogP contribution in [0.25, 0.3) is 28.2 Å². The van der Waals surface area contributed by atoms with Crippen molar-refractivity contribution in [2.24, 2.45) is 0 Å². The average Bonchev–Trinajstić information content (AvgIpc) is 2.60. The highest BCUT2D eigenvalue weighted by Gasteiger charge is 2.23. The fourth-order valence-electron chi connectivity index (χ4n) is 2.95. The number of halogens is 1. The average molecular weight is 383 g/mol. The number of carbonyl (C=O) groups is 1. The van der Waals surface area contributed by atoms with Crippen LogP contribution in [-0.2, 0) is 0 Å². The summed E-state index contributed by atoms with van der Waals surface area (Å²) < 4.78 is 11.3. The Hall–Kier alpha value is -2.66. The fraction of sp³-hybridized carbons (Fsp3) is 0.0526. The Bertz CT molecular complexity index is 1080. The lowest BCUT2D eigenvalue weighted by Crippen LogP contribution is -2.11. The number of methoxy groups -OCH3 is 1. The zero-order chi connectivity index (χ0) is 16.8. The summed E-state index contributed by atoms with van der Waals surface area (Å²) >= 11 is 3.39. The number of rotatable bonds is 2. The van der Waals surface area contributed by atoms with Gasteiger partial charge in [-0.2, -0.15) is 0 Å². The van der Waals surface area contributed by atoms with Crippen LogP contribution in [0.2, 0.25) is 0 Å². The molecule has 0 atom stereocenters. The molecule has 0 saturated carbocycles. The van der Waals surface area contributed by atoms with Gasteiger partial charge in [-0.25, -0.2) is 4.79 Å². The van der Waals surface area contributed by atoms with Gasteiger partial charge in [-0.05, 0) is 57.9 Å². The molecule has 0 N–H and O–H groups in total. The zero-order valence-electron chi connectivity index (χ0n) is 12.6. The quantitative estimate of drug-likeness (QED) is 0.614. The van der Waals surface area contributed by atoms with Crippen LogP contribution in [0.3, 0.4) is 0 Å². The van der Waals surface area contributed by atoms with Gasteiger partial charge in [0.05, 0.1) is 17.1 Å². The maximum Gasteiger partial charge on any atom is 0.344 e. The van der Waals surface area contributed by atoms with E-state index in [2.05, 4.69) is 15.9 Å². The molecular formula is C19H11BrO4. The molecule has 0 fully saturated rings. The van der Waals surface area contributed by atoms with Crippen molar-refractivity contribution in [1.29, 1.82) is 0 Å². The molecule has 4 rings (SSSR count). The lowest BCUT2D eigenvalue weighted by atomic mass is 9.90. The monoisotopic (exact) mass is 382 g/mol. The maximum absolute atomic E-state index is 12.6. The van der Waals surface area contributed by atoms with Crippen molar-refractivity contribution < 1.29 is 13.9 Å². The fourth-order valence-corrected chi connectivity index (χ4v) is 3.37. The van der Waals surface area contributed by atoms with Crippen LogP contribution in [0.5, 0.6) is 5.75 Å². The minimum atomic E-state index is -0.445. The highest BCUT2D eigenvalue weighted by Crippen LogP contribution is 2.37. The third kappa shape index (κ3) is 2.12. The summed E-state index contributed by atoms with van der Waals surface area (Å²) in [6, 6.07) is 10.6. The molecule has 0 aliphatic heterocycles. The molecular weight excluding hydrogens is 372 g/mol. The van der Waals surface area contributed by atoms with Gasteiger partial charge < -0.3 is 9.15 Å². The molecule has 0 radical (unpaired) electrons. The van der Waals surface area contributed by atoms with E-state index in [1.54, 1.807) is 49.6 Å². The van der Waals surface area contributed by atoms with Gasteiger partial charge in [-0.3, -0.25) is 4.79 Å². The molecule has 0 spiro atoms. The number of allylic oxidation sites excluding steroid dienone is 1. The smallest absolute Gasteiger partial charge is 0.344 e. The lowest BCUT2D eigenvalue weighted by Gasteiger charge is -2.15. The maximum atomic E-state index is 12.6. The van der Waals surface area contributed by atoms with E-state index in [9.17, 15) is 9.59 Å². The van der Waals surface area contributed by atoms with Gasteiger partial charge in [-0.15, -0.1) is 0 Å². The molecule has 1 aliphatic rings. The van der Waals surface area contributed by atoms with Crippen molar-refractivity contribution in [3.8, 4) is 16.9 Å². The summed E-state index contributed by atoms with van der Waals surface area (Å²) in [7, 11) is 1.58. The van der Waals surface area contributed by atoms with Crippen molar-refractivity contribution in [3.63, 3.8) is 0 Å². The minimum Gasteiger partial charge on any atom is -0.497 e. The molecule has 0 amide bonds. The molecule has 2 aromatic carbocycles. The van der Waals surface area contributed by atoms with Gasteiger partial charge in [0.15, 0.2) is 11.4 Å². The molecule has 0 saturated heterocycles. The summed E-state index contributed by atoms with van der Waals surface area (Å²) in [6.07, 6.45) is 3.16. The Morgan fingerprint density at radius 3 is 2.46 bits per heavy atom. The first-order valence-corrected chi connectivity index (χ1v) is 8.05. The molecule has 5 heteroatoms. The first-order valence-electron chi connectivity index (χ1n) is 7.26. The highest BCUT2D eigenvalue weighted by molar-refractivity contribution is 9.10. The highest BCUT2D eigenvalue weighted by atomic mass is 79.9. The van der Waals surface area contributed by atoms with Gasteiger partial charge in [0, 0.05) is 16.5 Å². The van der Waals surface area contributed by atoms with E-state index >= 15 is 0 Å². The lowest BCUT2D eigenvalue weighted by molar-refractivity contribution is 0.104. The first-order chi connectivity index (χ1) is 11.6. The van der Waals surface area contributed by atoms with E-state index in [0.717, 1.165) is 0 Å². The van der Waals surface area contributed by atoms with Crippen molar-refractivity contribution in [1.82, 2.24) is 0 Å². The van der Waals surface area contributed by atoms with Crippen LogP contribution >= 0.6 is 15.9 Å². The van der Waals surface area contributed by atoms with E-state index in [0.29, 0.717) is 43.4 Å². The van der Waals surface area contributed by atoms with E-state index in [-0.39, 0.29) is 5.78 Å². The zero-order valence-corrected chi connectivity index (χ0v) is 14.2. The number of hydrogen-bond donors (Lipinski definition) is 0. The van der Waals surface area contributed by atoms with Gasteiger partial charge in [0.25, 0.3) is 0 Å². The van der Waals surface area contributed by atoms with E-state index in [1.807, 2.05) is 0 Å². The number of ether oxygens (including phenoxy) is 1. The summed E-state index contributed by atoms with van der Waals surface area (Å²) in [5, 5.41) is 0.655. The van der Waals surface area contributed by atoms with Gasteiger partial charge in [0.1, 0.15) is 5.75 Å². The van der Waals surface area contributed by atoms with Crippen LogP contribution in [-0.4, -0.2) is 12.9 Å². The molecule has 4 nitrogen and oxygen atoms in total. The number of hydrogen-bond acceptors (Lipinski definition) is 4. The van der Waals surface area contributed by atoms with Crippen molar-refractivity contribution in [3.05, 3.63) is 68.5 Å². The molecule has 24 heavy (non-hydrogen) atoms. The van der Waals surface area contributed by atoms with Crippen LogP contribution < -0.4 is 10.4 Å². The Morgan fingerprint density at radius 1 is 1.00 bits per heavy atom. The number of ketones is 1. The van der Waals surface area contributed by atoms with Crippen molar-refractivity contribution in [2.75, 3.05) is 7.11 Å². The molecule has 118 valence electrons. The predicted octanol–water partition coefficient (Wildman–Crippen LogP) is 4.44.